The van der Waals surface area contributed by atoms with Crippen LogP contribution in [0.4, 0.5) is 22.7 Å². The Morgan fingerprint density at radius 3 is 2.33 bits per heavy atom. The number of nitrogens with two attached hydrogens (primary N) is 2. The van der Waals surface area contributed by atoms with Crippen molar-refractivity contribution in [3.8, 4) is 5.75 Å². The molecule has 11 heteroatoms. The summed E-state index contributed by atoms with van der Waals surface area (Å²) >= 11 is 6.05. The molecule has 0 fully saturated rings. The Kier molecular flexibility index (Phi) is 6.35. The molecule has 0 heterocycles. The molecule has 0 radical (unpaired) electrons. The standard InChI is InChI=1S/C16H13ClN4O4S.Na/c17-11-6-9(18)2-4-13(11)20-21-16-12(19)3-1-8-5-10(26(23,24)25)7-14(22)15(8)16;/h1-7,22H,18-19H2,(H,23,24,25);/q;+1. The summed E-state index contributed by atoms with van der Waals surface area (Å²) in [5, 5.41) is 19.1. The van der Waals surface area contributed by atoms with Crippen molar-refractivity contribution in [2.45, 2.75) is 4.90 Å². The summed E-state index contributed by atoms with van der Waals surface area (Å²) in [7, 11) is -4.48. The van der Waals surface area contributed by atoms with E-state index in [1.165, 1.54) is 24.3 Å². The van der Waals surface area contributed by atoms with E-state index in [4.69, 9.17) is 23.1 Å². The van der Waals surface area contributed by atoms with E-state index in [0.717, 1.165) is 6.07 Å². The van der Waals surface area contributed by atoms with Crippen LogP contribution < -0.4 is 41.0 Å². The largest absolute Gasteiger partial charge is 1.00 e. The van der Waals surface area contributed by atoms with E-state index < -0.39 is 20.8 Å². The topological polar surface area (TPSA) is 151 Å². The van der Waals surface area contributed by atoms with E-state index in [9.17, 15) is 18.1 Å². The van der Waals surface area contributed by atoms with Gasteiger partial charge in [0, 0.05) is 11.8 Å². The number of anilines is 2. The van der Waals surface area contributed by atoms with Crippen LogP contribution in [0.15, 0.2) is 57.6 Å². The third-order valence-corrected chi connectivity index (χ3v) is 4.74. The first kappa shape index (κ1) is 21.4. The molecule has 0 saturated heterocycles. The van der Waals surface area contributed by atoms with Gasteiger partial charge in [0.15, 0.2) is 0 Å². The van der Waals surface area contributed by atoms with Crippen LogP contribution in [0.1, 0.15) is 0 Å². The van der Waals surface area contributed by atoms with Crippen molar-refractivity contribution in [3.05, 3.63) is 47.5 Å². The van der Waals surface area contributed by atoms with Crippen molar-refractivity contribution in [3.63, 3.8) is 0 Å². The molecule has 6 N–H and O–H groups in total. The van der Waals surface area contributed by atoms with E-state index in [2.05, 4.69) is 10.2 Å². The molecule has 8 nitrogen and oxygen atoms in total. The normalized spacial score (nSPS) is 11.6. The number of phenols is 1. The van der Waals surface area contributed by atoms with E-state index in [0.29, 0.717) is 16.8 Å². The maximum Gasteiger partial charge on any atom is 1.00 e. The molecular formula is C16H13ClN4NaO4S+. The number of hydrogen-bond donors (Lipinski definition) is 4. The third-order valence-electron chi connectivity index (χ3n) is 3.60. The van der Waals surface area contributed by atoms with Gasteiger partial charge in [-0.15, -0.1) is 10.2 Å². The van der Waals surface area contributed by atoms with Crippen LogP contribution in [0.2, 0.25) is 5.02 Å². The average molecular weight is 416 g/mol. The molecule has 0 aromatic heterocycles. The van der Waals surface area contributed by atoms with Crippen molar-refractivity contribution < 1.29 is 47.6 Å². The van der Waals surface area contributed by atoms with Crippen molar-refractivity contribution >= 4 is 55.2 Å². The van der Waals surface area contributed by atoms with Crippen LogP contribution in [0.25, 0.3) is 10.8 Å². The van der Waals surface area contributed by atoms with Gasteiger partial charge in [-0.2, -0.15) is 8.42 Å². The fraction of sp³-hybridized carbons (Fsp3) is 0. The van der Waals surface area contributed by atoms with Crippen molar-refractivity contribution in [1.82, 2.24) is 0 Å². The number of nitrogens with zero attached hydrogens (tertiary/aromatic N) is 2. The fourth-order valence-electron chi connectivity index (χ4n) is 2.38. The minimum absolute atomic E-state index is 0. The first-order valence-electron chi connectivity index (χ1n) is 7.16. The van der Waals surface area contributed by atoms with Gasteiger partial charge in [-0.3, -0.25) is 4.55 Å². The SMILES string of the molecule is Nc1ccc(N=Nc2c(N)ccc3cc(S(=O)(=O)O)cc(O)c23)c(Cl)c1.[Na+]. The van der Waals surface area contributed by atoms with E-state index in [1.54, 1.807) is 12.1 Å². The molecule has 3 rings (SSSR count). The van der Waals surface area contributed by atoms with Gasteiger partial charge in [-0.25, -0.2) is 0 Å². The summed E-state index contributed by atoms with van der Waals surface area (Å²) in [4.78, 5) is -0.447. The fourth-order valence-corrected chi connectivity index (χ4v) is 3.14. The summed E-state index contributed by atoms with van der Waals surface area (Å²) in [6, 6.07) is 9.76. The van der Waals surface area contributed by atoms with Gasteiger partial charge < -0.3 is 16.6 Å². The minimum atomic E-state index is -4.48. The Bertz CT molecular complexity index is 1170. The molecule has 0 spiro atoms. The zero-order valence-electron chi connectivity index (χ0n) is 14.1. The van der Waals surface area contributed by atoms with Gasteiger partial charge in [0.2, 0.25) is 0 Å². The minimum Gasteiger partial charge on any atom is -0.507 e. The predicted molar refractivity (Wildman–Crippen MR) is 99.9 cm³/mol. The Hall–Kier alpha value is -1.88. The quantitative estimate of drug-likeness (QED) is 0.217. The van der Waals surface area contributed by atoms with Gasteiger partial charge in [-0.1, -0.05) is 17.7 Å². The van der Waals surface area contributed by atoms with Gasteiger partial charge >= 0.3 is 29.6 Å². The molecule has 0 unspecified atom stereocenters. The predicted octanol–water partition coefficient (Wildman–Crippen LogP) is 1.03. The zero-order valence-corrected chi connectivity index (χ0v) is 17.7. The Balaban J connectivity index is 0.00000261. The Morgan fingerprint density at radius 2 is 1.70 bits per heavy atom. The number of phenolic OH excluding ortho intramolecular Hbond substituents is 1. The molecule has 0 bridgehead atoms. The van der Waals surface area contributed by atoms with Crippen LogP contribution in [0, 0.1) is 0 Å². The second-order valence-electron chi connectivity index (χ2n) is 5.43. The molecule has 3 aromatic rings. The van der Waals surface area contributed by atoms with Crippen LogP contribution >= 0.6 is 11.6 Å². The molecule has 3 aromatic carbocycles. The second-order valence-corrected chi connectivity index (χ2v) is 7.26. The molecule has 0 aliphatic carbocycles. The third kappa shape index (κ3) is 4.52. The van der Waals surface area contributed by atoms with Crippen molar-refractivity contribution in [2.75, 3.05) is 11.5 Å². The monoisotopic (exact) mass is 415 g/mol. The van der Waals surface area contributed by atoms with Crippen LogP contribution in [0.5, 0.6) is 5.75 Å². The molecule has 134 valence electrons. The maximum atomic E-state index is 11.3. The maximum absolute atomic E-state index is 11.3. The van der Waals surface area contributed by atoms with Crippen LogP contribution in [0.3, 0.4) is 0 Å². The summed E-state index contributed by atoms with van der Waals surface area (Å²) < 4.78 is 31.8. The number of benzene rings is 3. The van der Waals surface area contributed by atoms with Crippen molar-refractivity contribution in [1.29, 1.82) is 0 Å². The number of azo groups is 1. The van der Waals surface area contributed by atoms with Crippen LogP contribution in [-0.4, -0.2) is 18.1 Å². The zero-order chi connectivity index (χ0) is 19.1. The molecule has 0 atom stereocenters. The summed E-state index contributed by atoms with van der Waals surface area (Å²) in [5.74, 6) is -0.417. The first-order chi connectivity index (χ1) is 12.2. The number of fused-ring (bicyclic) bond motifs is 1. The number of aromatic hydroxyl groups is 1. The second kappa shape index (κ2) is 8.01. The number of hydrogen-bond acceptors (Lipinski definition) is 7. The van der Waals surface area contributed by atoms with Gasteiger partial charge in [0.05, 0.1) is 21.0 Å². The van der Waals surface area contributed by atoms with Gasteiger partial charge in [0.1, 0.15) is 17.1 Å². The molecule has 27 heavy (non-hydrogen) atoms. The first-order valence-corrected chi connectivity index (χ1v) is 8.98. The average Bonchev–Trinajstić information content (AvgIpc) is 2.54. The summed E-state index contributed by atoms with van der Waals surface area (Å²) in [6.07, 6.45) is 0. The molecular weight excluding hydrogens is 403 g/mol. The van der Waals surface area contributed by atoms with Gasteiger partial charge in [0.25, 0.3) is 10.1 Å². The van der Waals surface area contributed by atoms with E-state index in [-0.39, 0.29) is 51.3 Å². The molecule has 0 aliphatic heterocycles. The molecule has 0 aliphatic rings. The number of nitrogen functional groups attached to an aromatic ring is 2. The van der Waals surface area contributed by atoms with E-state index in [1.807, 2.05) is 0 Å². The summed E-state index contributed by atoms with van der Waals surface area (Å²) in [6.45, 7) is 0. The van der Waals surface area contributed by atoms with E-state index >= 15 is 0 Å². The van der Waals surface area contributed by atoms with Crippen LogP contribution in [-0.2, 0) is 10.1 Å². The van der Waals surface area contributed by atoms with Gasteiger partial charge in [-0.05, 0) is 35.7 Å². The summed E-state index contributed by atoms with van der Waals surface area (Å²) in [5.41, 5.74) is 12.7. The molecule has 0 amide bonds. The smallest absolute Gasteiger partial charge is 0.507 e. The molecule has 0 saturated carbocycles. The Morgan fingerprint density at radius 1 is 1.00 bits per heavy atom. The Labute approximate surface area is 181 Å². The number of halogens is 1. The number of rotatable bonds is 3. The van der Waals surface area contributed by atoms with Crippen molar-refractivity contribution in [2.24, 2.45) is 10.2 Å².